The highest BCUT2D eigenvalue weighted by Crippen LogP contribution is 2.22. The Labute approximate surface area is 415 Å². The van der Waals surface area contributed by atoms with Crippen molar-refractivity contribution in [2.24, 2.45) is 0 Å². The summed E-state index contributed by atoms with van der Waals surface area (Å²) in [6, 6.07) is -0.848. The quantitative estimate of drug-likeness (QED) is 0.0261. The van der Waals surface area contributed by atoms with Gasteiger partial charge in [0.05, 0.1) is 25.4 Å². The Balaban J connectivity index is 2.35. The minimum Gasteiger partial charge on any atom is -0.394 e. The van der Waals surface area contributed by atoms with E-state index in [1.165, 1.54) is 89.9 Å². The van der Waals surface area contributed by atoms with Crippen molar-refractivity contribution < 1.29 is 39.8 Å². The number of allylic oxidation sites excluding steroid dienone is 17. The SMILES string of the molecule is CC/C=C\C/C=C\C/C=C\C/C=C\C/C=C\C/C=C\C/C=C\CCCCCC(=O)NC(COC1OC(CO)C(O)C(O)C1O)C(O)/C=C/CC/C=C/CCCCCCCCCCCCCCCC. The zero-order valence-corrected chi connectivity index (χ0v) is 42.8. The maximum atomic E-state index is 13.0. The second-order valence-electron chi connectivity index (χ2n) is 18.3. The van der Waals surface area contributed by atoms with Crippen molar-refractivity contribution >= 4 is 5.91 Å². The number of hydrogen-bond acceptors (Lipinski definition) is 8. The van der Waals surface area contributed by atoms with Gasteiger partial charge in [0.2, 0.25) is 5.91 Å². The van der Waals surface area contributed by atoms with Crippen LogP contribution in [0.15, 0.2) is 109 Å². The molecule has 1 aliphatic rings. The second-order valence-corrected chi connectivity index (χ2v) is 18.3. The molecule has 1 saturated heterocycles. The van der Waals surface area contributed by atoms with E-state index < -0.39 is 49.5 Å². The Morgan fingerprint density at radius 3 is 1.41 bits per heavy atom. The molecule has 388 valence electrons. The van der Waals surface area contributed by atoms with Crippen molar-refractivity contribution in [3.63, 3.8) is 0 Å². The molecule has 1 heterocycles. The highest BCUT2D eigenvalue weighted by molar-refractivity contribution is 5.76. The minimum absolute atomic E-state index is 0.222. The number of carbonyl (C=O) groups is 1. The van der Waals surface area contributed by atoms with Crippen LogP contribution in [0.25, 0.3) is 0 Å². The standard InChI is InChI=1S/C59H99NO8/c1-3-5-7-9-11-13-15-17-19-21-23-25-26-27-28-29-31-33-35-37-39-41-43-45-47-49-55(63)60-52(51-67-59-58(66)57(65)56(64)54(50-61)68-59)53(62)48-46-44-42-40-38-36-34-32-30-24-22-20-18-16-14-12-10-8-6-4-2/h5,7,11,13,17,19,23,25,27-28,31,33,37-40,46,48,52-54,56-59,61-62,64-66H,3-4,6,8-10,12,14-16,18,20-22,24,26,29-30,32,34-36,41-45,47,49-51H2,1-2H3,(H,60,63)/b7-5-,13-11-,19-17-,25-23-,28-27-,33-31-,39-37-,40-38+,48-46+. The van der Waals surface area contributed by atoms with Gasteiger partial charge in [-0.25, -0.2) is 0 Å². The predicted octanol–water partition coefficient (Wildman–Crippen LogP) is 13.0. The van der Waals surface area contributed by atoms with Crippen LogP contribution >= 0.6 is 0 Å². The lowest BCUT2D eigenvalue weighted by molar-refractivity contribution is -0.302. The summed E-state index contributed by atoms with van der Waals surface area (Å²) in [5.41, 5.74) is 0. The molecule has 0 aromatic carbocycles. The first-order chi connectivity index (χ1) is 33.3. The van der Waals surface area contributed by atoms with E-state index in [1.807, 2.05) is 6.08 Å². The van der Waals surface area contributed by atoms with Crippen LogP contribution in [0, 0.1) is 0 Å². The first-order valence-electron chi connectivity index (χ1n) is 27.1. The lowest BCUT2D eigenvalue weighted by atomic mass is 9.99. The van der Waals surface area contributed by atoms with Crippen molar-refractivity contribution in [3.05, 3.63) is 109 Å². The van der Waals surface area contributed by atoms with E-state index in [-0.39, 0.29) is 12.5 Å². The molecule has 1 amide bonds. The van der Waals surface area contributed by atoms with E-state index in [0.717, 1.165) is 83.5 Å². The zero-order valence-electron chi connectivity index (χ0n) is 42.8. The van der Waals surface area contributed by atoms with Crippen molar-refractivity contribution in [1.29, 1.82) is 0 Å². The molecule has 9 nitrogen and oxygen atoms in total. The van der Waals surface area contributed by atoms with Gasteiger partial charge in [-0.3, -0.25) is 4.79 Å². The molecule has 0 bridgehead atoms. The van der Waals surface area contributed by atoms with Crippen molar-refractivity contribution in [1.82, 2.24) is 5.32 Å². The van der Waals surface area contributed by atoms with E-state index in [0.29, 0.717) is 12.8 Å². The molecule has 0 aromatic heterocycles. The van der Waals surface area contributed by atoms with Crippen LogP contribution < -0.4 is 5.32 Å². The highest BCUT2D eigenvalue weighted by atomic mass is 16.7. The van der Waals surface area contributed by atoms with E-state index in [9.17, 15) is 30.3 Å². The van der Waals surface area contributed by atoms with Gasteiger partial charge in [-0.05, 0) is 89.9 Å². The molecule has 7 unspecified atom stereocenters. The van der Waals surface area contributed by atoms with Crippen LogP contribution in [-0.2, 0) is 14.3 Å². The summed E-state index contributed by atoms with van der Waals surface area (Å²) in [5, 5.41) is 54.4. The van der Waals surface area contributed by atoms with E-state index in [2.05, 4.69) is 116 Å². The molecule has 0 aliphatic carbocycles. The molecule has 6 N–H and O–H groups in total. The third-order valence-corrected chi connectivity index (χ3v) is 12.1. The lowest BCUT2D eigenvalue weighted by Gasteiger charge is -2.40. The van der Waals surface area contributed by atoms with Gasteiger partial charge in [-0.2, -0.15) is 0 Å². The number of ether oxygens (including phenoxy) is 2. The first-order valence-corrected chi connectivity index (χ1v) is 27.1. The largest absolute Gasteiger partial charge is 0.394 e. The Kier molecular flexibility index (Phi) is 43.9. The van der Waals surface area contributed by atoms with E-state index in [4.69, 9.17) is 9.47 Å². The second kappa shape index (κ2) is 47.5. The fraction of sp³-hybridized carbons (Fsp3) is 0.678. The van der Waals surface area contributed by atoms with Crippen LogP contribution in [0.1, 0.15) is 200 Å². The fourth-order valence-electron chi connectivity index (χ4n) is 7.80. The average molecular weight is 950 g/mol. The van der Waals surface area contributed by atoms with E-state index in [1.54, 1.807) is 6.08 Å². The molecule has 7 atom stereocenters. The fourth-order valence-corrected chi connectivity index (χ4v) is 7.80. The number of aliphatic hydroxyl groups excluding tert-OH is 5. The molecule has 0 saturated carbocycles. The molecule has 1 fully saturated rings. The summed E-state index contributed by atoms with van der Waals surface area (Å²) in [7, 11) is 0. The molecule has 9 heteroatoms. The van der Waals surface area contributed by atoms with Gasteiger partial charge >= 0.3 is 0 Å². The number of aliphatic hydroxyl groups is 5. The summed E-state index contributed by atoms with van der Waals surface area (Å²) in [4.78, 5) is 13.0. The normalized spacial score (nSPS) is 20.5. The van der Waals surface area contributed by atoms with Crippen LogP contribution in [-0.4, -0.2) is 87.5 Å². The van der Waals surface area contributed by atoms with Crippen molar-refractivity contribution in [2.75, 3.05) is 13.2 Å². The van der Waals surface area contributed by atoms with Gasteiger partial charge < -0.3 is 40.3 Å². The lowest BCUT2D eigenvalue weighted by Crippen LogP contribution is -2.60. The van der Waals surface area contributed by atoms with Crippen LogP contribution in [0.3, 0.4) is 0 Å². The monoisotopic (exact) mass is 950 g/mol. The van der Waals surface area contributed by atoms with Gasteiger partial charge in [0.1, 0.15) is 24.4 Å². The van der Waals surface area contributed by atoms with Crippen molar-refractivity contribution in [3.8, 4) is 0 Å². The zero-order chi connectivity index (χ0) is 49.4. The maximum absolute atomic E-state index is 13.0. The van der Waals surface area contributed by atoms with Crippen LogP contribution in [0.2, 0.25) is 0 Å². The summed E-state index contributed by atoms with van der Waals surface area (Å²) in [5.74, 6) is -0.223. The summed E-state index contributed by atoms with van der Waals surface area (Å²) in [6.45, 7) is 3.62. The minimum atomic E-state index is -1.59. The number of rotatable bonds is 44. The van der Waals surface area contributed by atoms with Crippen LogP contribution in [0.5, 0.6) is 0 Å². The average Bonchev–Trinajstić information content (AvgIpc) is 3.34. The van der Waals surface area contributed by atoms with Gasteiger partial charge in [-0.15, -0.1) is 0 Å². The first kappa shape index (κ1) is 62.9. The predicted molar refractivity (Wildman–Crippen MR) is 285 cm³/mol. The molecule has 0 aromatic rings. The number of hydrogen-bond donors (Lipinski definition) is 6. The Morgan fingerprint density at radius 2 is 0.926 bits per heavy atom. The van der Waals surface area contributed by atoms with Gasteiger partial charge in [0, 0.05) is 6.42 Å². The third-order valence-electron chi connectivity index (χ3n) is 12.1. The summed E-state index contributed by atoms with van der Waals surface area (Å²) in [6.07, 6.45) is 62.8. The maximum Gasteiger partial charge on any atom is 0.220 e. The molecule has 0 radical (unpaired) electrons. The smallest absolute Gasteiger partial charge is 0.220 e. The third kappa shape index (κ3) is 36.8. The van der Waals surface area contributed by atoms with Gasteiger partial charge in [0.25, 0.3) is 0 Å². The number of unbranched alkanes of at least 4 members (excludes halogenated alkanes) is 18. The molecule has 0 spiro atoms. The summed E-state index contributed by atoms with van der Waals surface area (Å²) < 4.78 is 11.2. The van der Waals surface area contributed by atoms with Gasteiger partial charge in [-0.1, -0.05) is 213 Å². The Hall–Kier alpha value is -3.15. The summed E-state index contributed by atoms with van der Waals surface area (Å²) >= 11 is 0. The number of nitrogens with one attached hydrogen (secondary N) is 1. The molecule has 1 rings (SSSR count). The van der Waals surface area contributed by atoms with E-state index >= 15 is 0 Å². The van der Waals surface area contributed by atoms with Crippen molar-refractivity contribution in [2.45, 2.75) is 243 Å². The molecule has 1 aliphatic heterocycles. The Bertz CT molecular complexity index is 1430. The Morgan fingerprint density at radius 1 is 0.515 bits per heavy atom. The molecule has 68 heavy (non-hydrogen) atoms. The topological polar surface area (TPSA) is 149 Å². The number of carbonyl (C=O) groups excluding carboxylic acids is 1. The highest BCUT2D eigenvalue weighted by Gasteiger charge is 2.44. The van der Waals surface area contributed by atoms with Gasteiger partial charge in [0.15, 0.2) is 6.29 Å². The van der Waals surface area contributed by atoms with Crippen LogP contribution in [0.4, 0.5) is 0 Å². The molecular formula is C59H99NO8. The number of amides is 1. The molecular weight excluding hydrogens is 851 g/mol.